The number of ether oxygens (including phenoxy) is 1. The molecule has 1 aromatic carbocycles. The van der Waals surface area contributed by atoms with Gasteiger partial charge in [0, 0.05) is 24.9 Å². The fraction of sp³-hybridized carbons (Fsp3) is 0.588. The smallest absolute Gasteiger partial charge is 0.135 e. The van der Waals surface area contributed by atoms with Crippen LogP contribution in [0.25, 0.3) is 0 Å². The first kappa shape index (κ1) is 17.6. The molecule has 1 aromatic rings. The zero-order valence-electron chi connectivity index (χ0n) is 13.4. The van der Waals surface area contributed by atoms with Crippen LogP contribution in [0.4, 0.5) is 4.39 Å². The molecule has 4 heteroatoms. The molecule has 118 valence electrons. The van der Waals surface area contributed by atoms with Gasteiger partial charge in [0.1, 0.15) is 23.5 Å². The first-order valence-corrected chi connectivity index (χ1v) is 7.62. The van der Waals surface area contributed by atoms with Gasteiger partial charge >= 0.3 is 0 Å². The third-order valence-corrected chi connectivity index (χ3v) is 3.25. The van der Waals surface area contributed by atoms with Crippen molar-refractivity contribution in [2.45, 2.75) is 46.6 Å². The van der Waals surface area contributed by atoms with Gasteiger partial charge in [-0.15, -0.1) is 0 Å². The lowest BCUT2D eigenvalue weighted by atomic mass is 10.0. The minimum absolute atomic E-state index is 0.0226. The maximum Gasteiger partial charge on any atom is 0.135 e. The van der Waals surface area contributed by atoms with Crippen molar-refractivity contribution in [3.8, 4) is 5.75 Å². The van der Waals surface area contributed by atoms with E-state index < -0.39 is 0 Å². The maximum atomic E-state index is 13.6. The second-order valence-electron chi connectivity index (χ2n) is 5.65. The van der Waals surface area contributed by atoms with Crippen LogP contribution in [0.15, 0.2) is 18.2 Å². The summed E-state index contributed by atoms with van der Waals surface area (Å²) in [6.45, 7) is 9.32. The average molecular weight is 295 g/mol. The summed E-state index contributed by atoms with van der Waals surface area (Å²) in [4.78, 5) is 11.6. The summed E-state index contributed by atoms with van der Waals surface area (Å²) >= 11 is 0. The quantitative estimate of drug-likeness (QED) is 0.759. The van der Waals surface area contributed by atoms with Crippen LogP contribution in [0.2, 0.25) is 0 Å². The van der Waals surface area contributed by atoms with Crippen LogP contribution in [-0.2, 0) is 11.2 Å². The SMILES string of the molecule is CCNC[C@@H](C)Oc1cc(F)cc(CCC(=O)C(C)C)c1. The Morgan fingerprint density at radius 2 is 2.00 bits per heavy atom. The lowest BCUT2D eigenvalue weighted by Gasteiger charge is -2.16. The topological polar surface area (TPSA) is 38.3 Å². The molecule has 0 saturated carbocycles. The number of aryl methyl sites for hydroxylation is 1. The van der Waals surface area contributed by atoms with E-state index in [1.165, 1.54) is 12.1 Å². The third kappa shape index (κ3) is 6.71. The number of likely N-dealkylation sites (N-methyl/N-ethyl adjacent to an activating group) is 1. The highest BCUT2D eigenvalue weighted by Gasteiger charge is 2.10. The number of nitrogens with one attached hydrogen (secondary N) is 1. The molecule has 0 fully saturated rings. The molecule has 3 nitrogen and oxygen atoms in total. The molecule has 0 amide bonds. The van der Waals surface area contributed by atoms with Crippen molar-refractivity contribution in [2.75, 3.05) is 13.1 Å². The zero-order chi connectivity index (χ0) is 15.8. The second-order valence-corrected chi connectivity index (χ2v) is 5.65. The van der Waals surface area contributed by atoms with Gasteiger partial charge in [0.2, 0.25) is 0 Å². The maximum absolute atomic E-state index is 13.6. The van der Waals surface area contributed by atoms with Crippen molar-refractivity contribution in [2.24, 2.45) is 5.92 Å². The Morgan fingerprint density at radius 3 is 2.62 bits per heavy atom. The highest BCUT2D eigenvalue weighted by Crippen LogP contribution is 2.19. The molecule has 0 radical (unpaired) electrons. The minimum atomic E-state index is -0.324. The highest BCUT2D eigenvalue weighted by atomic mass is 19.1. The number of hydrogen-bond acceptors (Lipinski definition) is 3. The fourth-order valence-electron chi connectivity index (χ4n) is 2.01. The van der Waals surface area contributed by atoms with E-state index >= 15 is 0 Å². The van der Waals surface area contributed by atoms with Crippen LogP contribution in [0.3, 0.4) is 0 Å². The van der Waals surface area contributed by atoms with Gasteiger partial charge in [0.25, 0.3) is 0 Å². The molecule has 1 atom stereocenters. The van der Waals surface area contributed by atoms with Gasteiger partial charge < -0.3 is 10.1 Å². The molecule has 0 aliphatic carbocycles. The average Bonchev–Trinajstić information content (AvgIpc) is 2.41. The molecule has 0 unspecified atom stereocenters. The number of benzene rings is 1. The Bertz CT molecular complexity index is 460. The highest BCUT2D eigenvalue weighted by molar-refractivity contribution is 5.80. The molecule has 0 aliphatic rings. The zero-order valence-corrected chi connectivity index (χ0v) is 13.4. The summed E-state index contributed by atoms with van der Waals surface area (Å²) in [5, 5.41) is 3.19. The number of rotatable bonds is 9. The largest absolute Gasteiger partial charge is 0.489 e. The van der Waals surface area contributed by atoms with Gasteiger partial charge in [-0.1, -0.05) is 20.8 Å². The minimum Gasteiger partial charge on any atom is -0.489 e. The van der Waals surface area contributed by atoms with Gasteiger partial charge in [-0.2, -0.15) is 0 Å². The summed E-state index contributed by atoms with van der Waals surface area (Å²) in [7, 11) is 0. The summed E-state index contributed by atoms with van der Waals surface area (Å²) < 4.78 is 19.3. The summed E-state index contributed by atoms with van der Waals surface area (Å²) in [5.74, 6) is 0.416. The number of hydrogen-bond donors (Lipinski definition) is 1. The van der Waals surface area contributed by atoms with Crippen LogP contribution in [0.1, 0.15) is 39.7 Å². The van der Waals surface area contributed by atoms with Crippen molar-refractivity contribution in [1.29, 1.82) is 0 Å². The number of ketones is 1. The van der Waals surface area contributed by atoms with E-state index in [4.69, 9.17) is 4.74 Å². The molecule has 0 saturated heterocycles. The van der Waals surface area contributed by atoms with Crippen molar-refractivity contribution >= 4 is 5.78 Å². The summed E-state index contributed by atoms with van der Waals surface area (Å²) in [6.07, 6.45) is 0.956. The lowest BCUT2D eigenvalue weighted by molar-refractivity contribution is -0.121. The molecule has 21 heavy (non-hydrogen) atoms. The van der Waals surface area contributed by atoms with Crippen molar-refractivity contribution in [3.05, 3.63) is 29.6 Å². The normalized spacial score (nSPS) is 12.5. The van der Waals surface area contributed by atoms with Crippen LogP contribution in [0.5, 0.6) is 5.75 Å². The van der Waals surface area contributed by atoms with Crippen LogP contribution < -0.4 is 10.1 Å². The van der Waals surface area contributed by atoms with E-state index in [2.05, 4.69) is 5.32 Å². The van der Waals surface area contributed by atoms with Gasteiger partial charge in [0.05, 0.1) is 0 Å². The van der Waals surface area contributed by atoms with E-state index in [9.17, 15) is 9.18 Å². The summed E-state index contributed by atoms with van der Waals surface area (Å²) in [6, 6.07) is 4.67. The Balaban J connectivity index is 2.64. The number of carbonyl (C=O) groups excluding carboxylic acids is 1. The molecule has 0 heterocycles. The van der Waals surface area contributed by atoms with E-state index in [0.29, 0.717) is 25.1 Å². The van der Waals surface area contributed by atoms with Gasteiger partial charge in [-0.3, -0.25) is 4.79 Å². The molecule has 1 rings (SSSR count). The second kappa shape index (κ2) is 8.78. The van der Waals surface area contributed by atoms with Crippen LogP contribution in [0, 0.1) is 11.7 Å². The number of halogens is 1. The monoisotopic (exact) mass is 295 g/mol. The molecule has 0 aliphatic heterocycles. The van der Waals surface area contributed by atoms with Crippen molar-refractivity contribution < 1.29 is 13.9 Å². The Kier molecular flexibility index (Phi) is 7.37. The van der Waals surface area contributed by atoms with Gasteiger partial charge in [0.15, 0.2) is 0 Å². The van der Waals surface area contributed by atoms with E-state index in [0.717, 1.165) is 12.1 Å². The van der Waals surface area contributed by atoms with Gasteiger partial charge in [-0.25, -0.2) is 4.39 Å². The molecular weight excluding hydrogens is 269 g/mol. The Labute approximate surface area is 126 Å². The van der Waals surface area contributed by atoms with E-state index in [1.807, 2.05) is 33.8 Å². The first-order chi connectivity index (χ1) is 9.92. The lowest BCUT2D eigenvalue weighted by Crippen LogP contribution is -2.28. The first-order valence-electron chi connectivity index (χ1n) is 7.62. The molecular formula is C17H26FNO2. The van der Waals surface area contributed by atoms with Crippen molar-refractivity contribution in [3.63, 3.8) is 0 Å². The van der Waals surface area contributed by atoms with Crippen LogP contribution in [-0.4, -0.2) is 25.0 Å². The van der Waals surface area contributed by atoms with E-state index in [1.54, 1.807) is 0 Å². The Hall–Kier alpha value is -1.42. The van der Waals surface area contributed by atoms with Crippen molar-refractivity contribution in [1.82, 2.24) is 5.32 Å². The van der Waals surface area contributed by atoms with Gasteiger partial charge in [-0.05, 0) is 37.6 Å². The molecule has 0 bridgehead atoms. The molecule has 0 spiro atoms. The Morgan fingerprint density at radius 1 is 1.29 bits per heavy atom. The third-order valence-electron chi connectivity index (χ3n) is 3.25. The molecule has 0 aromatic heterocycles. The van der Waals surface area contributed by atoms with E-state index in [-0.39, 0.29) is 23.6 Å². The van der Waals surface area contributed by atoms with Crippen LogP contribution >= 0.6 is 0 Å². The number of Topliss-reactive ketones (excluding diaryl/α,β-unsaturated/α-hetero) is 1. The summed E-state index contributed by atoms with van der Waals surface area (Å²) in [5.41, 5.74) is 0.801. The predicted molar refractivity (Wildman–Crippen MR) is 83.2 cm³/mol. The predicted octanol–water partition coefficient (Wildman–Crippen LogP) is 3.36. The molecule has 1 N–H and O–H groups in total. The standard InChI is InChI=1S/C17H26FNO2/c1-5-19-11-13(4)21-16-9-14(8-15(18)10-16)6-7-17(20)12(2)3/h8-10,12-13,19H,5-7,11H2,1-4H3/t13-/m1/s1. The number of carbonyl (C=O) groups is 1. The fourth-order valence-corrected chi connectivity index (χ4v) is 2.01.